The van der Waals surface area contributed by atoms with Crippen molar-refractivity contribution in [3.05, 3.63) is 30.1 Å². The van der Waals surface area contributed by atoms with Crippen LogP contribution in [0.4, 0.5) is 0 Å². The number of nitrogens with two attached hydrogens (primary N) is 1. The molecule has 1 atom stereocenters. The lowest BCUT2D eigenvalue weighted by molar-refractivity contribution is -0.123. The van der Waals surface area contributed by atoms with Gasteiger partial charge >= 0.3 is 0 Å². The van der Waals surface area contributed by atoms with Gasteiger partial charge in [0.25, 0.3) is 5.91 Å². The van der Waals surface area contributed by atoms with Crippen molar-refractivity contribution >= 4 is 12.1 Å². The second-order valence-corrected chi connectivity index (χ2v) is 2.80. The maximum Gasteiger partial charge on any atom is 0.259 e. The number of carbonyl (C=O) groups excluding carboxylic acids is 1. The van der Waals surface area contributed by atoms with Crippen LogP contribution >= 0.6 is 0 Å². The van der Waals surface area contributed by atoms with Crippen molar-refractivity contribution in [2.24, 2.45) is 10.8 Å². The highest BCUT2D eigenvalue weighted by Gasteiger charge is 2.09. The largest absolute Gasteiger partial charge is 0.394 e. The molecule has 0 radical (unpaired) electrons. The Morgan fingerprint density at radius 1 is 1.67 bits per heavy atom. The van der Waals surface area contributed by atoms with E-state index in [4.69, 9.17) is 10.8 Å². The fourth-order valence-electron chi connectivity index (χ4n) is 0.786. The number of amides is 1. The molecule has 6 nitrogen and oxygen atoms in total. The summed E-state index contributed by atoms with van der Waals surface area (Å²) in [6.07, 6.45) is 4.69. The van der Waals surface area contributed by atoms with E-state index in [1.54, 1.807) is 24.5 Å². The van der Waals surface area contributed by atoms with Crippen LogP contribution in [0.3, 0.4) is 0 Å². The van der Waals surface area contributed by atoms with Gasteiger partial charge in [-0.15, -0.1) is 0 Å². The van der Waals surface area contributed by atoms with Crippen molar-refractivity contribution < 1.29 is 9.90 Å². The molecule has 0 aromatic carbocycles. The second-order valence-electron chi connectivity index (χ2n) is 2.80. The molecule has 15 heavy (non-hydrogen) atoms. The molecule has 1 aromatic heterocycles. The summed E-state index contributed by atoms with van der Waals surface area (Å²) in [6, 6.07) is 2.53. The number of nitrogens with one attached hydrogen (secondary N) is 1. The Hall–Kier alpha value is -1.79. The second kappa shape index (κ2) is 5.84. The Bertz CT molecular complexity index is 339. The minimum absolute atomic E-state index is 0.406. The van der Waals surface area contributed by atoms with Gasteiger partial charge in [0, 0.05) is 12.4 Å². The van der Waals surface area contributed by atoms with Gasteiger partial charge < -0.3 is 10.8 Å². The number of aromatic nitrogens is 1. The summed E-state index contributed by atoms with van der Waals surface area (Å²) < 4.78 is 0. The molecule has 1 heterocycles. The number of rotatable bonds is 4. The van der Waals surface area contributed by atoms with Gasteiger partial charge in [0.1, 0.15) is 6.04 Å². The van der Waals surface area contributed by atoms with Gasteiger partial charge in [-0.05, 0) is 17.7 Å². The topological polar surface area (TPSA) is 101 Å². The van der Waals surface area contributed by atoms with E-state index in [0.29, 0.717) is 0 Å². The van der Waals surface area contributed by atoms with Gasteiger partial charge in [0.15, 0.2) is 0 Å². The quantitative estimate of drug-likeness (QED) is 0.429. The normalized spacial score (nSPS) is 12.7. The van der Waals surface area contributed by atoms with E-state index >= 15 is 0 Å². The Kier molecular flexibility index (Phi) is 4.39. The highest BCUT2D eigenvalue weighted by molar-refractivity contribution is 5.84. The van der Waals surface area contributed by atoms with E-state index in [0.717, 1.165) is 5.56 Å². The lowest BCUT2D eigenvalue weighted by Gasteiger charge is -2.04. The molecule has 6 heteroatoms. The average molecular weight is 208 g/mol. The van der Waals surface area contributed by atoms with Crippen LogP contribution in [0.1, 0.15) is 5.56 Å². The van der Waals surface area contributed by atoms with Crippen LogP contribution in [-0.4, -0.2) is 34.9 Å². The third-order valence-corrected chi connectivity index (χ3v) is 1.63. The number of aliphatic hydroxyl groups is 1. The lowest BCUT2D eigenvalue weighted by atomic mass is 10.3. The molecule has 0 spiro atoms. The summed E-state index contributed by atoms with van der Waals surface area (Å²) in [4.78, 5) is 14.9. The number of aliphatic hydroxyl groups excluding tert-OH is 1. The highest BCUT2D eigenvalue weighted by Crippen LogP contribution is 1.90. The third kappa shape index (κ3) is 3.84. The molecule has 1 rings (SSSR count). The third-order valence-electron chi connectivity index (χ3n) is 1.63. The number of hydrogen-bond acceptors (Lipinski definition) is 5. The molecule has 0 saturated carbocycles. The van der Waals surface area contributed by atoms with E-state index in [9.17, 15) is 4.79 Å². The fourth-order valence-corrected chi connectivity index (χ4v) is 0.786. The van der Waals surface area contributed by atoms with Crippen LogP contribution in [0, 0.1) is 0 Å². The first-order chi connectivity index (χ1) is 7.24. The summed E-state index contributed by atoms with van der Waals surface area (Å²) in [5.41, 5.74) is 8.27. The number of pyridine rings is 1. The maximum atomic E-state index is 11.0. The molecule has 0 saturated heterocycles. The summed E-state index contributed by atoms with van der Waals surface area (Å²) in [7, 11) is 0. The zero-order chi connectivity index (χ0) is 11.1. The summed E-state index contributed by atoms with van der Waals surface area (Å²) in [5.74, 6) is -0.525. The van der Waals surface area contributed by atoms with Gasteiger partial charge in [0.2, 0.25) is 0 Å². The van der Waals surface area contributed by atoms with Crippen molar-refractivity contribution in [2.75, 3.05) is 6.61 Å². The van der Waals surface area contributed by atoms with E-state index in [-0.39, 0.29) is 0 Å². The molecule has 0 fully saturated rings. The molecule has 0 aliphatic heterocycles. The molecule has 80 valence electrons. The van der Waals surface area contributed by atoms with Gasteiger partial charge in [0.05, 0.1) is 12.8 Å². The molecular weight excluding hydrogens is 196 g/mol. The molecule has 1 aromatic rings. The van der Waals surface area contributed by atoms with Gasteiger partial charge in [-0.1, -0.05) is 0 Å². The monoisotopic (exact) mass is 208 g/mol. The molecule has 4 N–H and O–H groups in total. The maximum absolute atomic E-state index is 11.0. The molecule has 1 amide bonds. The zero-order valence-corrected chi connectivity index (χ0v) is 8.00. The van der Waals surface area contributed by atoms with Crippen LogP contribution in [-0.2, 0) is 4.79 Å². The Morgan fingerprint density at radius 3 is 2.93 bits per heavy atom. The smallest absolute Gasteiger partial charge is 0.259 e. The predicted octanol–water partition coefficient (Wildman–Crippen LogP) is -1.15. The summed E-state index contributed by atoms with van der Waals surface area (Å²) in [6.45, 7) is -0.406. The molecule has 0 unspecified atom stereocenters. The molecule has 0 aliphatic rings. The zero-order valence-electron chi connectivity index (χ0n) is 8.00. The summed E-state index contributed by atoms with van der Waals surface area (Å²) >= 11 is 0. The van der Waals surface area contributed by atoms with Crippen molar-refractivity contribution in [3.8, 4) is 0 Å². The first-order valence-corrected chi connectivity index (χ1v) is 4.33. The minimum Gasteiger partial charge on any atom is -0.394 e. The Balaban J connectivity index is 2.44. The number of nitrogens with zero attached hydrogens (tertiary/aromatic N) is 2. The first-order valence-electron chi connectivity index (χ1n) is 4.33. The van der Waals surface area contributed by atoms with Crippen LogP contribution in [0.2, 0.25) is 0 Å². The van der Waals surface area contributed by atoms with E-state index < -0.39 is 18.6 Å². The number of hydrogen-bond donors (Lipinski definition) is 3. The van der Waals surface area contributed by atoms with E-state index in [2.05, 4.69) is 15.5 Å². The minimum atomic E-state index is -0.945. The Morgan fingerprint density at radius 2 is 2.33 bits per heavy atom. The van der Waals surface area contributed by atoms with E-state index in [1.807, 2.05) is 0 Å². The Labute approximate surface area is 86.8 Å². The van der Waals surface area contributed by atoms with Gasteiger partial charge in [-0.3, -0.25) is 9.78 Å². The average Bonchev–Trinajstić information content (AvgIpc) is 2.29. The molecular formula is C9H12N4O2. The lowest BCUT2D eigenvalue weighted by Crippen LogP contribution is -2.40. The predicted molar refractivity (Wildman–Crippen MR) is 55.0 cm³/mol. The van der Waals surface area contributed by atoms with Gasteiger partial charge in [-0.2, -0.15) is 5.10 Å². The molecule has 0 aliphatic carbocycles. The SMILES string of the molecule is N[C@@H](CO)C(=O)N/N=C/c1ccncc1. The van der Waals surface area contributed by atoms with Crippen molar-refractivity contribution in [2.45, 2.75) is 6.04 Å². The number of carbonyl (C=O) groups is 1. The van der Waals surface area contributed by atoms with Gasteiger partial charge in [-0.25, -0.2) is 5.43 Å². The standard InChI is InChI=1S/C9H12N4O2/c10-8(6-14)9(15)13-12-5-7-1-3-11-4-2-7/h1-5,8,14H,6,10H2,(H,13,15)/b12-5+/t8-/m0/s1. The highest BCUT2D eigenvalue weighted by atomic mass is 16.3. The first kappa shape index (κ1) is 11.3. The molecule has 0 bridgehead atoms. The van der Waals surface area contributed by atoms with Crippen LogP contribution in [0.15, 0.2) is 29.6 Å². The van der Waals surface area contributed by atoms with Crippen LogP contribution in [0.5, 0.6) is 0 Å². The van der Waals surface area contributed by atoms with Crippen molar-refractivity contribution in [1.82, 2.24) is 10.4 Å². The number of hydrazone groups is 1. The van der Waals surface area contributed by atoms with E-state index in [1.165, 1.54) is 6.21 Å². The van der Waals surface area contributed by atoms with Crippen LogP contribution < -0.4 is 11.2 Å². The van der Waals surface area contributed by atoms with Crippen molar-refractivity contribution in [3.63, 3.8) is 0 Å². The van der Waals surface area contributed by atoms with Crippen LogP contribution in [0.25, 0.3) is 0 Å². The fraction of sp³-hybridized carbons (Fsp3) is 0.222. The summed E-state index contributed by atoms with van der Waals surface area (Å²) in [5, 5.41) is 12.2. The van der Waals surface area contributed by atoms with Crippen molar-refractivity contribution in [1.29, 1.82) is 0 Å².